The van der Waals surface area contributed by atoms with Crippen LogP contribution in [0.5, 0.6) is 0 Å². The van der Waals surface area contributed by atoms with Gasteiger partial charge in [0.1, 0.15) is 4.88 Å². The molecular weight excluding hydrogens is 442 g/mol. The van der Waals surface area contributed by atoms with Gasteiger partial charge in [0.2, 0.25) is 0 Å². The summed E-state index contributed by atoms with van der Waals surface area (Å²) in [5.74, 6) is -0.636. The van der Waals surface area contributed by atoms with Crippen molar-refractivity contribution in [1.29, 1.82) is 0 Å². The zero-order valence-electron chi connectivity index (χ0n) is 16.8. The van der Waals surface area contributed by atoms with Gasteiger partial charge >= 0.3 is 0 Å². The average Bonchev–Trinajstić information content (AvgIpc) is 3.17. The fraction of sp³-hybridized carbons (Fsp3) is 0. The summed E-state index contributed by atoms with van der Waals surface area (Å²) in [6.07, 6.45) is 5.14. The molecule has 3 aromatic carbocycles. The van der Waals surface area contributed by atoms with E-state index in [0.29, 0.717) is 21.2 Å². The summed E-state index contributed by atoms with van der Waals surface area (Å²) < 4.78 is 0.953. The quantitative estimate of drug-likeness (QED) is 0.265. The van der Waals surface area contributed by atoms with Crippen LogP contribution in [0.25, 0.3) is 16.2 Å². The van der Waals surface area contributed by atoms with Crippen molar-refractivity contribution in [2.24, 2.45) is 5.10 Å². The summed E-state index contributed by atoms with van der Waals surface area (Å²) in [7, 11) is 0. The molecule has 1 heterocycles. The van der Waals surface area contributed by atoms with Crippen LogP contribution in [0.1, 0.15) is 25.6 Å². The number of hydrogen-bond acceptors (Lipinski definition) is 4. The summed E-state index contributed by atoms with van der Waals surface area (Å²) in [6.45, 7) is 0. The highest BCUT2D eigenvalue weighted by Gasteiger charge is 2.17. The minimum atomic E-state index is -0.347. The molecule has 0 unspecified atom stereocenters. The first-order chi connectivity index (χ1) is 15.6. The van der Waals surface area contributed by atoms with Gasteiger partial charge in [-0.25, -0.2) is 5.43 Å². The van der Waals surface area contributed by atoms with Gasteiger partial charge in [-0.3, -0.25) is 9.59 Å². The fourth-order valence-corrected chi connectivity index (χ4v) is 4.39. The Morgan fingerprint density at radius 2 is 1.59 bits per heavy atom. The lowest BCUT2D eigenvalue weighted by molar-refractivity contribution is 0.0954. The minimum absolute atomic E-state index is 0.289. The molecule has 0 bridgehead atoms. The highest BCUT2D eigenvalue weighted by molar-refractivity contribution is 7.21. The number of nitrogens with one attached hydrogen (secondary N) is 2. The number of benzene rings is 3. The zero-order valence-corrected chi connectivity index (χ0v) is 18.4. The van der Waals surface area contributed by atoms with Crippen molar-refractivity contribution in [2.75, 3.05) is 5.32 Å². The van der Waals surface area contributed by atoms with E-state index in [0.717, 1.165) is 15.6 Å². The molecule has 4 rings (SSSR count). The lowest BCUT2D eigenvalue weighted by atomic mass is 10.2. The predicted octanol–water partition coefficient (Wildman–Crippen LogP) is 6.24. The number of hydrogen-bond donors (Lipinski definition) is 2. The molecule has 4 aromatic rings. The standard InChI is InChI=1S/C25H18ClN3O2S/c26-22-20-10-4-5-11-21(20)32-23(22)25(31)28-19-14-12-18(13-15-19)24(30)29-27-16-6-9-17-7-2-1-3-8-17/h1-16H,(H,28,31)(H,29,30)/b9-6+,27-16-. The SMILES string of the molecule is O=C(N/N=C\C=C\c1ccccc1)c1ccc(NC(=O)c2sc3ccccc3c2Cl)cc1. The number of amides is 2. The first-order valence-electron chi connectivity index (χ1n) is 9.75. The zero-order chi connectivity index (χ0) is 22.3. The van der Waals surface area contributed by atoms with Crippen molar-refractivity contribution in [2.45, 2.75) is 0 Å². The van der Waals surface area contributed by atoms with Crippen LogP contribution >= 0.6 is 22.9 Å². The molecule has 7 heteroatoms. The van der Waals surface area contributed by atoms with Gasteiger partial charge in [0.25, 0.3) is 11.8 Å². The number of carbonyl (C=O) groups is 2. The number of rotatable bonds is 6. The van der Waals surface area contributed by atoms with Crippen LogP contribution in [0.4, 0.5) is 5.69 Å². The first kappa shape index (κ1) is 21.5. The lowest BCUT2D eigenvalue weighted by Crippen LogP contribution is -2.17. The highest BCUT2D eigenvalue weighted by Crippen LogP contribution is 2.35. The van der Waals surface area contributed by atoms with Gasteiger partial charge in [-0.05, 0) is 42.0 Å². The van der Waals surface area contributed by atoms with Crippen molar-refractivity contribution in [3.63, 3.8) is 0 Å². The number of thiophene rings is 1. The summed E-state index contributed by atoms with van der Waals surface area (Å²) in [5.41, 5.74) is 4.50. The van der Waals surface area contributed by atoms with E-state index in [1.54, 1.807) is 30.3 Å². The molecule has 1 aromatic heterocycles. The van der Waals surface area contributed by atoms with E-state index >= 15 is 0 Å². The maximum atomic E-state index is 12.6. The van der Waals surface area contributed by atoms with Crippen LogP contribution in [-0.2, 0) is 0 Å². The second-order valence-electron chi connectivity index (χ2n) is 6.76. The molecule has 2 amide bonds. The van der Waals surface area contributed by atoms with Gasteiger partial charge in [-0.15, -0.1) is 11.3 Å². The second-order valence-corrected chi connectivity index (χ2v) is 8.19. The summed E-state index contributed by atoms with van der Waals surface area (Å²) >= 11 is 7.71. The minimum Gasteiger partial charge on any atom is -0.321 e. The molecule has 0 atom stereocenters. The molecule has 0 radical (unpaired) electrons. The van der Waals surface area contributed by atoms with Crippen molar-refractivity contribution in [1.82, 2.24) is 5.43 Å². The summed E-state index contributed by atoms with van der Waals surface area (Å²) in [4.78, 5) is 25.3. The Bertz CT molecular complexity index is 1310. The predicted molar refractivity (Wildman–Crippen MR) is 133 cm³/mol. The Hall–Kier alpha value is -3.74. The number of carbonyl (C=O) groups excluding carboxylic acids is 2. The van der Waals surface area contributed by atoms with E-state index in [2.05, 4.69) is 15.8 Å². The Balaban J connectivity index is 1.34. The van der Waals surface area contributed by atoms with Gasteiger partial charge in [-0.1, -0.05) is 66.2 Å². The summed E-state index contributed by atoms with van der Waals surface area (Å²) in [6, 6.07) is 23.9. The molecule has 0 saturated carbocycles. The van der Waals surface area contributed by atoms with Gasteiger partial charge in [-0.2, -0.15) is 5.10 Å². The molecule has 32 heavy (non-hydrogen) atoms. The van der Waals surface area contributed by atoms with Gasteiger partial charge < -0.3 is 5.32 Å². The lowest BCUT2D eigenvalue weighted by Gasteiger charge is -2.05. The number of fused-ring (bicyclic) bond motifs is 1. The van der Waals surface area contributed by atoms with Crippen LogP contribution in [0, 0.1) is 0 Å². The number of allylic oxidation sites excluding steroid dienone is 1. The largest absolute Gasteiger partial charge is 0.321 e. The molecule has 0 aliphatic carbocycles. The maximum Gasteiger partial charge on any atom is 0.271 e. The van der Waals surface area contributed by atoms with Crippen molar-refractivity contribution < 1.29 is 9.59 Å². The van der Waals surface area contributed by atoms with E-state index in [9.17, 15) is 9.59 Å². The maximum absolute atomic E-state index is 12.6. The van der Waals surface area contributed by atoms with Crippen LogP contribution in [0.2, 0.25) is 5.02 Å². The molecule has 5 nitrogen and oxygen atoms in total. The number of nitrogens with zero attached hydrogens (tertiary/aromatic N) is 1. The van der Waals surface area contributed by atoms with Crippen LogP contribution < -0.4 is 10.7 Å². The Kier molecular flexibility index (Phi) is 6.75. The number of hydrazone groups is 1. The van der Waals surface area contributed by atoms with Crippen molar-refractivity contribution >= 4 is 62.8 Å². The Morgan fingerprint density at radius 1 is 0.875 bits per heavy atom. The molecule has 0 saturated heterocycles. The molecular formula is C25H18ClN3O2S. The third kappa shape index (κ3) is 5.11. The van der Waals surface area contributed by atoms with Gasteiger partial charge in [0, 0.05) is 27.6 Å². The molecule has 0 spiro atoms. The second kappa shape index (κ2) is 10.0. The number of halogens is 1. The van der Waals surface area contributed by atoms with Crippen molar-refractivity contribution in [3.05, 3.63) is 106 Å². The molecule has 0 aliphatic rings. The van der Waals surface area contributed by atoms with E-state index in [4.69, 9.17) is 11.6 Å². The van der Waals surface area contributed by atoms with Crippen molar-refractivity contribution in [3.8, 4) is 0 Å². The third-order valence-corrected chi connectivity index (χ3v) is 6.24. The normalized spacial score (nSPS) is 11.3. The molecule has 158 valence electrons. The van der Waals surface area contributed by atoms with Gasteiger partial charge in [0.15, 0.2) is 0 Å². The molecule has 2 N–H and O–H groups in total. The molecule has 0 fully saturated rings. The monoisotopic (exact) mass is 459 g/mol. The highest BCUT2D eigenvalue weighted by atomic mass is 35.5. The Morgan fingerprint density at radius 3 is 2.34 bits per heavy atom. The third-order valence-electron chi connectivity index (χ3n) is 4.56. The van der Waals surface area contributed by atoms with Crippen LogP contribution in [0.3, 0.4) is 0 Å². The average molecular weight is 460 g/mol. The smallest absolute Gasteiger partial charge is 0.271 e. The number of anilines is 1. The topological polar surface area (TPSA) is 70.6 Å². The van der Waals surface area contributed by atoms with E-state index < -0.39 is 0 Å². The first-order valence-corrected chi connectivity index (χ1v) is 10.9. The van der Waals surface area contributed by atoms with E-state index in [-0.39, 0.29) is 11.8 Å². The Labute approximate surface area is 194 Å². The van der Waals surface area contributed by atoms with Crippen LogP contribution in [0.15, 0.2) is 90.0 Å². The van der Waals surface area contributed by atoms with E-state index in [1.165, 1.54) is 17.6 Å². The van der Waals surface area contributed by atoms with Gasteiger partial charge in [0.05, 0.1) is 5.02 Å². The van der Waals surface area contributed by atoms with E-state index in [1.807, 2.05) is 60.7 Å². The molecule has 0 aliphatic heterocycles. The van der Waals surface area contributed by atoms with Crippen LogP contribution in [-0.4, -0.2) is 18.0 Å². The fourth-order valence-electron chi connectivity index (χ4n) is 2.97. The summed E-state index contributed by atoms with van der Waals surface area (Å²) in [5, 5.41) is 8.03.